The van der Waals surface area contributed by atoms with Gasteiger partial charge in [-0.05, 0) is 56.7 Å². The zero-order valence-corrected chi connectivity index (χ0v) is 20.6. The van der Waals surface area contributed by atoms with Crippen LogP contribution in [0.25, 0.3) is 0 Å². The van der Waals surface area contributed by atoms with Crippen LogP contribution < -0.4 is 45.0 Å². The number of guanidine groups is 3. The molecule has 0 fully saturated rings. The molecule has 0 aliphatic rings. The lowest BCUT2D eigenvalue weighted by Crippen LogP contribution is -2.22. The van der Waals surface area contributed by atoms with E-state index in [1.165, 1.54) is 0 Å². The van der Waals surface area contributed by atoms with Crippen LogP contribution in [0.1, 0.15) is 37.5 Å². The SMILES string of the molecule is C/C(=N/N=C(N)N)c1cc(NC(=O)Nc2ccc(/C(C)=N/N=C(N)N)cc2)cc(/C(C)=N/N=C(N)N)c1. The number of rotatable bonds is 8. The third-order valence-electron chi connectivity index (χ3n) is 4.53. The maximum atomic E-state index is 12.7. The number of carbonyl (C=O) groups is 1. The number of urea groups is 1. The molecule has 194 valence electrons. The number of nitrogens with two attached hydrogens (primary N) is 6. The maximum Gasteiger partial charge on any atom is 0.323 e. The van der Waals surface area contributed by atoms with Crippen LogP contribution in [-0.2, 0) is 0 Å². The first-order chi connectivity index (χ1) is 17.4. The summed E-state index contributed by atoms with van der Waals surface area (Å²) in [6, 6.07) is 11.6. The Labute approximate surface area is 213 Å². The van der Waals surface area contributed by atoms with Gasteiger partial charge in [-0.25, -0.2) is 4.79 Å². The molecule has 0 radical (unpaired) electrons. The number of nitrogens with zero attached hydrogens (tertiary/aromatic N) is 6. The van der Waals surface area contributed by atoms with Crippen LogP contribution in [0.5, 0.6) is 0 Å². The van der Waals surface area contributed by atoms with Gasteiger partial charge in [-0.2, -0.15) is 15.3 Å². The fourth-order valence-electron chi connectivity index (χ4n) is 2.78. The molecule has 0 saturated heterocycles. The van der Waals surface area contributed by atoms with Gasteiger partial charge in [0.05, 0.1) is 17.1 Å². The normalized spacial score (nSPS) is 11.8. The highest BCUT2D eigenvalue weighted by Crippen LogP contribution is 2.18. The first-order valence-electron chi connectivity index (χ1n) is 10.7. The fraction of sp³-hybridized carbons (Fsp3) is 0.136. The van der Waals surface area contributed by atoms with E-state index < -0.39 is 6.03 Å². The Morgan fingerprint density at radius 1 is 0.541 bits per heavy atom. The average Bonchev–Trinajstić information content (AvgIpc) is 2.84. The van der Waals surface area contributed by atoms with E-state index in [4.69, 9.17) is 34.4 Å². The van der Waals surface area contributed by atoms with Crippen molar-refractivity contribution < 1.29 is 4.79 Å². The van der Waals surface area contributed by atoms with Crippen LogP contribution in [0.2, 0.25) is 0 Å². The van der Waals surface area contributed by atoms with E-state index in [1.807, 2.05) is 0 Å². The molecule has 0 aliphatic carbocycles. The van der Waals surface area contributed by atoms with E-state index in [-0.39, 0.29) is 17.9 Å². The van der Waals surface area contributed by atoms with Gasteiger partial charge in [-0.1, -0.05) is 12.1 Å². The van der Waals surface area contributed by atoms with Crippen LogP contribution >= 0.6 is 0 Å². The molecule has 0 aliphatic heterocycles. The van der Waals surface area contributed by atoms with Crippen molar-refractivity contribution in [3.63, 3.8) is 0 Å². The lowest BCUT2D eigenvalue weighted by Gasteiger charge is -2.12. The zero-order chi connectivity index (χ0) is 27.5. The second kappa shape index (κ2) is 12.8. The van der Waals surface area contributed by atoms with Gasteiger partial charge in [0.2, 0.25) is 17.9 Å². The van der Waals surface area contributed by atoms with Crippen molar-refractivity contribution in [3.8, 4) is 0 Å². The lowest BCUT2D eigenvalue weighted by molar-refractivity contribution is 0.262. The number of carbonyl (C=O) groups excluding carboxylic acids is 1. The van der Waals surface area contributed by atoms with Crippen LogP contribution in [0.3, 0.4) is 0 Å². The molecule has 2 amide bonds. The zero-order valence-electron chi connectivity index (χ0n) is 20.6. The van der Waals surface area contributed by atoms with E-state index in [0.29, 0.717) is 39.6 Å². The minimum absolute atomic E-state index is 0.142. The topological polar surface area (TPSA) is 271 Å². The number of hydrogen-bond acceptors (Lipinski definition) is 7. The number of benzene rings is 2. The summed E-state index contributed by atoms with van der Waals surface area (Å²) in [5, 5.41) is 28.4. The van der Waals surface area contributed by atoms with Crippen LogP contribution in [0.4, 0.5) is 16.2 Å². The van der Waals surface area contributed by atoms with E-state index in [1.54, 1.807) is 63.2 Å². The van der Waals surface area contributed by atoms with Gasteiger partial charge < -0.3 is 45.0 Å². The van der Waals surface area contributed by atoms with E-state index in [9.17, 15) is 4.79 Å². The summed E-state index contributed by atoms with van der Waals surface area (Å²) in [5.74, 6) is -0.526. The Hall–Kier alpha value is -5.47. The summed E-state index contributed by atoms with van der Waals surface area (Å²) >= 11 is 0. The minimum atomic E-state index is -0.487. The Balaban J connectivity index is 2.30. The number of anilines is 2. The standard InChI is InChI=1S/C22H30N14O/c1-11(31-34-19(23)24)14-4-6-17(7-5-14)29-22(37)30-18-9-15(12(2)32-35-20(25)26)8-16(10-18)13(3)33-36-21(27)28/h4-10H,1-3H3,(H4,23,24,34)(H4,25,26,35)(H4,27,28,36)(H2,29,30,37)/b31-11+,32-12-,33-13+. The second-order valence-corrected chi connectivity index (χ2v) is 7.59. The van der Waals surface area contributed by atoms with Crippen LogP contribution in [-0.4, -0.2) is 41.0 Å². The Morgan fingerprint density at radius 2 is 0.919 bits per heavy atom. The molecule has 0 atom stereocenters. The molecule has 15 heteroatoms. The largest absolute Gasteiger partial charge is 0.369 e. The fourth-order valence-corrected chi connectivity index (χ4v) is 2.78. The van der Waals surface area contributed by atoms with Crippen molar-refractivity contribution in [2.75, 3.05) is 10.6 Å². The molecule has 0 spiro atoms. The first kappa shape index (κ1) is 27.8. The molecule has 15 nitrogen and oxygen atoms in total. The average molecular weight is 507 g/mol. The third kappa shape index (κ3) is 9.36. The number of amides is 2. The molecule has 0 saturated carbocycles. The van der Waals surface area contributed by atoms with Crippen molar-refractivity contribution in [3.05, 3.63) is 59.2 Å². The van der Waals surface area contributed by atoms with E-state index in [0.717, 1.165) is 5.56 Å². The molecule has 2 aromatic rings. The van der Waals surface area contributed by atoms with Crippen LogP contribution in [0.15, 0.2) is 73.1 Å². The Kier molecular flexibility index (Phi) is 9.64. The van der Waals surface area contributed by atoms with E-state index in [2.05, 4.69) is 41.2 Å². The third-order valence-corrected chi connectivity index (χ3v) is 4.53. The quantitative estimate of drug-likeness (QED) is 0.141. The van der Waals surface area contributed by atoms with Gasteiger partial charge in [0, 0.05) is 22.5 Å². The van der Waals surface area contributed by atoms with Gasteiger partial charge in [-0.3, -0.25) is 0 Å². The van der Waals surface area contributed by atoms with Gasteiger partial charge in [-0.15, -0.1) is 15.3 Å². The number of hydrogen-bond donors (Lipinski definition) is 8. The van der Waals surface area contributed by atoms with Crippen molar-refractivity contribution in [2.45, 2.75) is 20.8 Å². The Morgan fingerprint density at radius 3 is 1.32 bits per heavy atom. The predicted molar refractivity (Wildman–Crippen MR) is 150 cm³/mol. The van der Waals surface area contributed by atoms with Gasteiger partial charge in [0.1, 0.15) is 0 Å². The Bertz CT molecular complexity index is 1260. The molecule has 2 rings (SSSR count). The van der Waals surface area contributed by atoms with Gasteiger partial charge in [0.25, 0.3) is 0 Å². The summed E-state index contributed by atoms with van der Waals surface area (Å²) in [6.07, 6.45) is 0. The van der Waals surface area contributed by atoms with Gasteiger partial charge >= 0.3 is 6.03 Å². The maximum absolute atomic E-state index is 12.7. The summed E-state index contributed by atoms with van der Waals surface area (Å²) in [6.45, 7) is 5.17. The molecular formula is C22H30N14O. The monoisotopic (exact) mass is 506 g/mol. The van der Waals surface area contributed by atoms with Crippen molar-refractivity contribution in [1.29, 1.82) is 0 Å². The van der Waals surface area contributed by atoms with Crippen LogP contribution in [0, 0.1) is 0 Å². The molecule has 0 aromatic heterocycles. The molecule has 2 aromatic carbocycles. The molecular weight excluding hydrogens is 476 g/mol. The minimum Gasteiger partial charge on any atom is -0.369 e. The van der Waals surface area contributed by atoms with Gasteiger partial charge in [0.15, 0.2) is 0 Å². The molecule has 0 unspecified atom stereocenters. The summed E-state index contributed by atoms with van der Waals surface area (Å²) in [7, 11) is 0. The molecule has 0 heterocycles. The molecule has 37 heavy (non-hydrogen) atoms. The highest BCUT2D eigenvalue weighted by atomic mass is 16.2. The molecule has 0 bridgehead atoms. The lowest BCUT2D eigenvalue weighted by atomic mass is 10.0. The smallest absolute Gasteiger partial charge is 0.323 e. The highest BCUT2D eigenvalue weighted by Gasteiger charge is 2.10. The highest BCUT2D eigenvalue weighted by molar-refractivity contribution is 6.07. The summed E-state index contributed by atoms with van der Waals surface area (Å²) in [4.78, 5) is 12.7. The second-order valence-electron chi connectivity index (χ2n) is 7.59. The molecule has 14 N–H and O–H groups in total. The van der Waals surface area contributed by atoms with E-state index >= 15 is 0 Å². The summed E-state index contributed by atoms with van der Waals surface area (Å²) in [5.41, 5.74) is 36.6. The first-order valence-corrected chi connectivity index (χ1v) is 10.7. The van der Waals surface area contributed by atoms with Crippen molar-refractivity contribution in [1.82, 2.24) is 0 Å². The van der Waals surface area contributed by atoms with Crippen molar-refractivity contribution >= 4 is 52.4 Å². The van der Waals surface area contributed by atoms with Crippen molar-refractivity contribution in [2.24, 2.45) is 65.0 Å². The summed E-state index contributed by atoms with van der Waals surface area (Å²) < 4.78 is 0. The predicted octanol–water partition coefficient (Wildman–Crippen LogP) is 0.323. The number of nitrogens with one attached hydrogen (secondary N) is 2.